The monoisotopic (exact) mass is 684 g/mol. The zero-order chi connectivity index (χ0) is 34.3. The maximum absolute atomic E-state index is 14.7. The van der Waals surface area contributed by atoms with E-state index in [1.165, 1.54) is 11.1 Å². The smallest absolute Gasteiger partial charge is 0.231 e. The lowest BCUT2D eigenvalue weighted by atomic mass is 9.51. The third-order valence-corrected chi connectivity index (χ3v) is 13.7. The molecule has 0 atom stereocenters. The van der Waals surface area contributed by atoms with Crippen molar-refractivity contribution < 1.29 is 19.4 Å². The summed E-state index contributed by atoms with van der Waals surface area (Å²) in [6, 6.07) is 10.9. The SMILES string of the molecule is COc1ccc(C23CCC(CN(C(=O)C4CCC(CC(=O)N5CC(O)C5)CC4)c4cc(-c5cnc(C(C)C)s5)ccn4)(CC2)CC3)cc1C. The van der Waals surface area contributed by atoms with Crippen LogP contribution in [0.3, 0.4) is 0 Å². The maximum Gasteiger partial charge on any atom is 0.231 e. The van der Waals surface area contributed by atoms with Crippen molar-refractivity contribution in [2.75, 3.05) is 31.6 Å². The number of thiazole rings is 1. The summed E-state index contributed by atoms with van der Waals surface area (Å²) in [6.45, 7) is 8.08. The Kier molecular flexibility index (Phi) is 9.61. The molecule has 1 aliphatic heterocycles. The van der Waals surface area contributed by atoms with Crippen molar-refractivity contribution in [3.63, 3.8) is 0 Å². The van der Waals surface area contributed by atoms with Gasteiger partial charge in [-0.1, -0.05) is 26.0 Å². The number of aliphatic hydroxyl groups is 1. The molecule has 0 radical (unpaired) electrons. The molecule has 5 fully saturated rings. The zero-order valence-corrected chi connectivity index (χ0v) is 30.4. The van der Waals surface area contributed by atoms with Crippen molar-refractivity contribution in [1.82, 2.24) is 14.9 Å². The van der Waals surface area contributed by atoms with Crippen LogP contribution in [0.15, 0.2) is 42.7 Å². The van der Waals surface area contributed by atoms with E-state index < -0.39 is 0 Å². The highest BCUT2D eigenvalue weighted by Gasteiger charge is 2.51. The van der Waals surface area contributed by atoms with E-state index in [1.54, 1.807) is 23.3 Å². The first-order valence-corrected chi connectivity index (χ1v) is 19.2. The molecule has 3 aromatic rings. The van der Waals surface area contributed by atoms with Gasteiger partial charge in [0.15, 0.2) is 0 Å². The van der Waals surface area contributed by atoms with E-state index in [4.69, 9.17) is 9.72 Å². The van der Waals surface area contributed by atoms with Crippen LogP contribution in [0.1, 0.15) is 107 Å². The van der Waals surface area contributed by atoms with E-state index in [0.29, 0.717) is 37.9 Å². The third kappa shape index (κ3) is 6.90. The highest BCUT2D eigenvalue weighted by Crippen LogP contribution is 2.58. The van der Waals surface area contributed by atoms with Crippen LogP contribution in [-0.2, 0) is 15.0 Å². The average molecular weight is 685 g/mol. The number of benzene rings is 1. The van der Waals surface area contributed by atoms with Crippen molar-refractivity contribution in [3.8, 4) is 16.2 Å². The van der Waals surface area contributed by atoms with Gasteiger partial charge in [0.25, 0.3) is 0 Å². The Morgan fingerprint density at radius 2 is 1.73 bits per heavy atom. The van der Waals surface area contributed by atoms with Gasteiger partial charge in [-0.3, -0.25) is 14.5 Å². The number of amides is 2. The van der Waals surface area contributed by atoms with Gasteiger partial charge in [-0.15, -0.1) is 11.3 Å². The number of hydrogen-bond donors (Lipinski definition) is 1. The summed E-state index contributed by atoms with van der Waals surface area (Å²) >= 11 is 1.72. The summed E-state index contributed by atoms with van der Waals surface area (Å²) in [5.74, 6) is 2.63. The van der Waals surface area contributed by atoms with E-state index in [0.717, 1.165) is 91.2 Å². The summed E-state index contributed by atoms with van der Waals surface area (Å²) in [7, 11) is 1.74. The van der Waals surface area contributed by atoms with Crippen molar-refractivity contribution in [2.24, 2.45) is 17.3 Å². The Morgan fingerprint density at radius 1 is 1.02 bits per heavy atom. The fourth-order valence-electron chi connectivity index (χ4n) is 9.03. The standard InChI is InChI=1S/C40H52N4O4S/c1-26(2)37-42-22-34(49-37)30-11-18-41-35(21-30)44(38(47)29-7-5-28(6-8-29)20-36(46)43-23-32(45)24-43)25-39-12-15-40(16-13-39,17-14-39)31-9-10-33(48-4)27(3)19-31/h9-11,18-19,21-22,26,28-29,32,45H,5-8,12-17,20,23-25H2,1-4H3. The normalized spacial score (nSPS) is 26.9. The van der Waals surface area contributed by atoms with Gasteiger partial charge in [-0.2, -0.15) is 0 Å². The van der Waals surface area contributed by atoms with E-state index >= 15 is 0 Å². The highest BCUT2D eigenvalue weighted by molar-refractivity contribution is 7.15. The zero-order valence-electron chi connectivity index (χ0n) is 29.6. The Morgan fingerprint density at radius 3 is 2.35 bits per heavy atom. The predicted octanol–water partition coefficient (Wildman–Crippen LogP) is 7.67. The number of carbonyl (C=O) groups excluding carboxylic acids is 2. The number of β-amino-alcohol motifs (C(OH)–C–C–N with tert-alkyl or cyclic N) is 1. The van der Waals surface area contributed by atoms with Crippen LogP contribution < -0.4 is 9.64 Å². The molecule has 1 N–H and O–H groups in total. The fraction of sp³-hybridized carbons (Fsp3) is 0.600. The van der Waals surface area contributed by atoms with Crippen LogP contribution in [0, 0.1) is 24.2 Å². The second kappa shape index (κ2) is 13.8. The minimum atomic E-state index is -0.375. The molecule has 262 valence electrons. The van der Waals surface area contributed by atoms with Gasteiger partial charge in [-0.05, 0) is 123 Å². The third-order valence-electron chi connectivity index (χ3n) is 12.4. The van der Waals surface area contributed by atoms with E-state index in [9.17, 15) is 14.7 Å². The minimum absolute atomic E-state index is 0.0662. The highest BCUT2D eigenvalue weighted by atomic mass is 32.1. The summed E-state index contributed by atoms with van der Waals surface area (Å²) in [6.07, 6.45) is 14.1. The topological polar surface area (TPSA) is 95.9 Å². The first-order valence-electron chi connectivity index (χ1n) is 18.4. The number of likely N-dealkylation sites (tertiary alicyclic amines) is 1. The van der Waals surface area contributed by atoms with Gasteiger partial charge in [-0.25, -0.2) is 9.97 Å². The average Bonchev–Trinajstić information content (AvgIpc) is 3.61. The Bertz CT molecular complexity index is 1650. The van der Waals surface area contributed by atoms with E-state index in [2.05, 4.69) is 54.9 Å². The second-order valence-electron chi connectivity index (χ2n) is 15.9. The molecule has 9 heteroatoms. The first-order chi connectivity index (χ1) is 23.6. The summed E-state index contributed by atoms with van der Waals surface area (Å²) < 4.78 is 5.56. The van der Waals surface area contributed by atoms with Crippen LogP contribution in [0.2, 0.25) is 0 Å². The molecular weight excluding hydrogens is 633 g/mol. The van der Waals surface area contributed by atoms with E-state index in [1.807, 2.05) is 18.5 Å². The van der Waals surface area contributed by atoms with Crippen LogP contribution in [0.5, 0.6) is 5.75 Å². The number of methoxy groups -OCH3 is 1. The predicted molar refractivity (Wildman–Crippen MR) is 194 cm³/mol. The van der Waals surface area contributed by atoms with Crippen LogP contribution >= 0.6 is 11.3 Å². The molecule has 5 aliphatic rings. The first kappa shape index (κ1) is 34.2. The molecule has 2 aromatic heterocycles. The van der Waals surface area contributed by atoms with Crippen molar-refractivity contribution in [3.05, 3.63) is 58.9 Å². The molecule has 8 nitrogen and oxygen atoms in total. The van der Waals surface area contributed by atoms with Crippen molar-refractivity contribution in [2.45, 2.75) is 109 Å². The van der Waals surface area contributed by atoms with Gasteiger partial charge in [0.2, 0.25) is 11.8 Å². The van der Waals surface area contributed by atoms with Crippen LogP contribution in [0.25, 0.3) is 10.4 Å². The summed E-state index contributed by atoms with van der Waals surface area (Å²) in [5, 5.41) is 10.7. The fourth-order valence-corrected chi connectivity index (χ4v) is 9.94. The number of fused-ring (bicyclic) bond motifs is 3. The number of carbonyl (C=O) groups is 2. The van der Waals surface area contributed by atoms with Crippen molar-refractivity contribution in [1.29, 1.82) is 0 Å². The number of aliphatic hydroxyl groups excluding tert-OH is 1. The lowest BCUT2D eigenvalue weighted by molar-refractivity contribution is -0.142. The molecule has 1 aromatic carbocycles. The molecule has 0 spiro atoms. The largest absolute Gasteiger partial charge is 0.496 e. The number of ether oxygens (including phenoxy) is 1. The van der Waals surface area contributed by atoms with Gasteiger partial charge in [0, 0.05) is 50.3 Å². The van der Waals surface area contributed by atoms with Crippen LogP contribution in [-0.4, -0.2) is 64.6 Å². The molecule has 1 saturated heterocycles. The van der Waals surface area contributed by atoms with Crippen molar-refractivity contribution >= 4 is 29.0 Å². The molecule has 2 amide bonds. The molecule has 49 heavy (non-hydrogen) atoms. The number of aryl methyl sites for hydroxylation is 1. The number of hydrogen-bond acceptors (Lipinski definition) is 7. The molecule has 3 heterocycles. The number of anilines is 1. The Labute approximate surface area is 295 Å². The lowest BCUT2D eigenvalue weighted by Crippen LogP contribution is -2.54. The molecular formula is C40H52N4O4S. The quantitative estimate of drug-likeness (QED) is 0.236. The number of aromatic nitrogens is 2. The lowest BCUT2D eigenvalue weighted by Gasteiger charge is -2.55. The minimum Gasteiger partial charge on any atom is -0.496 e. The Hall–Kier alpha value is -3.30. The molecule has 2 bridgehead atoms. The van der Waals surface area contributed by atoms with Gasteiger partial charge in [0.1, 0.15) is 11.6 Å². The maximum atomic E-state index is 14.7. The molecule has 8 rings (SSSR count). The summed E-state index contributed by atoms with van der Waals surface area (Å²) in [4.78, 5) is 41.8. The second-order valence-corrected chi connectivity index (χ2v) is 16.9. The molecule has 0 unspecified atom stereocenters. The molecule has 4 aliphatic carbocycles. The summed E-state index contributed by atoms with van der Waals surface area (Å²) in [5.41, 5.74) is 3.98. The number of rotatable bonds is 10. The number of nitrogens with zero attached hydrogens (tertiary/aromatic N) is 4. The van der Waals surface area contributed by atoms with Gasteiger partial charge < -0.3 is 14.7 Å². The Balaban J connectivity index is 1.10. The van der Waals surface area contributed by atoms with Gasteiger partial charge >= 0.3 is 0 Å². The van der Waals surface area contributed by atoms with Gasteiger partial charge in [0.05, 0.1) is 23.1 Å². The van der Waals surface area contributed by atoms with E-state index in [-0.39, 0.29) is 34.7 Å². The molecule has 4 saturated carbocycles. The van der Waals surface area contributed by atoms with Crippen LogP contribution in [0.4, 0.5) is 5.82 Å². The number of pyridine rings is 1.